The van der Waals surface area contributed by atoms with E-state index in [1.54, 1.807) is 0 Å². The second kappa shape index (κ2) is 7.11. The number of para-hydroxylation sites is 1. The fourth-order valence-corrected chi connectivity index (χ4v) is 2.06. The third-order valence-corrected chi connectivity index (χ3v) is 3.02. The topological polar surface area (TPSA) is 67.8 Å². The summed E-state index contributed by atoms with van der Waals surface area (Å²) in [5.74, 6) is 0.579. The molecule has 0 saturated carbocycles. The molecule has 2 rings (SSSR count). The van der Waals surface area contributed by atoms with Gasteiger partial charge in [-0.2, -0.15) is 0 Å². The molecule has 2 N–H and O–H groups in total. The van der Waals surface area contributed by atoms with Crippen LogP contribution < -0.4 is 10.1 Å². The van der Waals surface area contributed by atoms with Crippen LogP contribution in [0, 0.1) is 0 Å². The molecular formula is C14H19NO4. The Labute approximate surface area is 112 Å². The number of fused-ring (bicyclic) bond motifs is 1. The first-order valence-corrected chi connectivity index (χ1v) is 6.51. The van der Waals surface area contributed by atoms with Crippen molar-refractivity contribution in [3.8, 4) is 5.75 Å². The van der Waals surface area contributed by atoms with Crippen molar-refractivity contribution in [1.82, 2.24) is 5.32 Å². The van der Waals surface area contributed by atoms with Gasteiger partial charge >= 0.3 is 0 Å². The molecule has 104 valence electrons. The van der Waals surface area contributed by atoms with E-state index in [0.717, 1.165) is 17.7 Å². The maximum atomic E-state index is 12.0. The summed E-state index contributed by atoms with van der Waals surface area (Å²) in [6, 6.07) is 7.62. The summed E-state index contributed by atoms with van der Waals surface area (Å²) in [4.78, 5) is 12.0. The summed E-state index contributed by atoms with van der Waals surface area (Å²) in [7, 11) is 0. The zero-order valence-electron chi connectivity index (χ0n) is 10.8. The number of ether oxygens (including phenoxy) is 2. The number of nitrogens with one attached hydrogen (secondary N) is 1. The molecular weight excluding hydrogens is 246 g/mol. The predicted octanol–water partition coefficient (Wildman–Crippen LogP) is 0.678. The smallest absolute Gasteiger partial charge is 0.231 e. The molecule has 1 unspecified atom stereocenters. The molecule has 0 bridgehead atoms. The van der Waals surface area contributed by atoms with Gasteiger partial charge in [0, 0.05) is 18.7 Å². The Morgan fingerprint density at radius 2 is 2.26 bits per heavy atom. The van der Waals surface area contributed by atoms with Crippen molar-refractivity contribution in [3.05, 3.63) is 29.8 Å². The average Bonchev–Trinajstić information content (AvgIpc) is 2.86. The van der Waals surface area contributed by atoms with Crippen molar-refractivity contribution >= 4 is 5.91 Å². The third kappa shape index (κ3) is 3.68. The predicted molar refractivity (Wildman–Crippen MR) is 70.2 cm³/mol. The Morgan fingerprint density at radius 1 is 1.42 bits per heavy atom. The summed E-state index contributed by atoms with van der Waals surface area (Å²) in [5.41, 5.74) is 0.955. The first kappa shape index (κ1) is 13.8. The third-order valence-electron chi connectivity index (χ3n) is 3.02. The molecule has 1 amide bonds. The van der Waals surface area contributed by atoms with Crippen molar-refractivity contribution in [3.63, 3.8) is 0 Å². The van der Waals surface area contributed by atoms with Crippen molar-refractivity contribution in [1.29, 1.82) is 0 Å². The van der Waals surface area contributed by atoms with Crippen LogP contribution in [0.3, 0.4) is 0 Å². The molecule has 0 saturated heterocycles. The Bertz CT molecular complexity index is 422. The number of carbonyl (C=O) groups excluding carboxylic acids is 1. The molecule has 19 heavy (non-hydrogen) atoms. The monoisotopic (exact) mass is 265 g/mol. The summed E-state index contributed by atoms with van der Waals surface area (Å²) in [5, 5.41) is 11.4. The number of aliphatic hydroxyl groups is 1. The van der Waals surface area contributed by atoms with Gasteiger partial charge in [0.1, 0.15) is 18.3 Å². The number of aliphatic hydroxyl groups excluding tert-OH is 1. The Kier molecular flexibility index (Phi) is 5.18. The van der Waals surface area contributed by atoms with E-state index in [1.807, 2.05) is 24.3 Å². The maximum absolute atomic E-state index is 12.0. The van der Waals surface area contributed by atoms with Gasteiger partial charge in [-0.25, -0.2) is 0 Å². The van der Waals surface area contributed by atoms with E-state index in [4.69, 9.17) is 14.6 Å². The minimum Gasteiger partial charge on any atom is -0.492 e. The van der Waals surface area contributed by atoms with E-state index in [2.05, 4.69) is 5.32 Å². The van der Waals surface area contributed by atoms with Crippen LogP contribution in [-0.2, 0) is 9.53 Å². The second-order valence-corrected chi connectivity index (χ2v) is 4.38. The highest BCUT2D eigenvalue weighted by atomic mass is 16.5. The van der Waals surface area contributed by atoms with E-state index < -0.39 is 0 Å². The summed E-state index contributed by atoms with van der Waals surface area (Å²) >= 11 is 0. The largest absolute Gasteiger partial charge is 0.492 e. The van der Waals surface area contributed by atoms with Crippen LogP contribution in [0.5, 0.6) is 5.75 Å². The fourth-order valence-electron chi connectivity index (χ4n) is 2.06. The van der Waals surface area contributed by atoms with Gasteiger partial charge in [0.15, 0.2) is 0 Å². The van der Waals surface area contributed by atoms with Gasteiger partial charge < -0.3 is 19.9 Å². The number of rotatable bonds is 7. The normalized spacial score (nSPS) is 16.8. The lowest BCUT2D eigenvalue weighted by Gasteiger charge is -2.10. The van der Waals surface area contributed by atoms with Crippen LogP contribution in [0.25, 0.3) is 0 Å². The Balaban J connectivity index is 1.73. The van der Waals surface area contributed by atoms with Crippen molar-refractivity contribution in [2.75, 3.05) is 33.0 Å². The van der Waals surface area contributed by atoms with Gasteiger partial charge in [0.2, 0.25) is 5.91 Å². The van der Waals surface area contributed by atoms with E-state index in [-0.39, 0.29) is 18.4 Å². The van der Waals surface area contributed by atoms with E-state index in [9.17, 15) is 4.79 Å². The van der Waals surface area contributed by atoms with Crippen LogP contribution in [0.1, 0.15) is 17.9 Å². The molecule has 0 fully saturated rings. The first-order valence-electron chi connectivity index (χ1n) is 6.51. The molecule has 5 nitrogen and oxygen atoms in total. The number of benzene rings is 1. The SMILES string of the molecule is O=C(NCCCOCCO)C1COc2ccccc21. The highest BCUT2D eigenvalue weighted by Crippen LogP contribution is 2.33. The highest BCUT2D eigenvalue weighted by Gasteiger charge is 2.29. The Morgan fingerprint density at radius 3 is 3.11 bits per heavy atom. The molecule has 0 spiro atoms. The standard InChI is InChI=1S/C14H19NO4/c16-7-9-18-8-3-6-15-14(17)12-10-19-13-5-2-1-4-11(12)13/h1-2,4-5,12,16H,3,6-10H2,(H,15,17). The Hall–Kier alpha value is -1.59. The summed E-state index contributed by atoms with van der Waals surface area (Å²) in [6.07, 6.45) is 0.737. The van der Waals surface area contributed by atoms with Gasteiger partial charge in [0.25, 0.3) is 0 Å². The van der Waals surface area contributed by atoms with Gasteiger partial charge in [-0.1, -0.05) is 18.2 Å². The summed E-state index contributed by atoms with van der Waals surface area (Å²) < 4.78 is 10.6. The van der Waals surface area contributed by atoms with Gasteiger partial charge in [-0.05, 0) is 12.5 Å². The number of hydrogen-bond acceptors (Lipinski definition) is 4. The van der Waals surface area contributed by atoms with E-state index in [1.165, 1.54) is 0 Å². The average molecular weight is 265 g/mol. The fraction of sp³-hybridized carbons (Fsp3) is 0.500. The molecule has 0 aliphatic carbocycles. The molecule has 0 aromatic heterocycles. The van der Waals surface area contributed by atoms with Crippen LogP contribution in [0.4, 0.5) is 0 Å². The molecule has 1 aromatic rings. The molecule has 1 aromatic carbocycles. The number of carbonyl (C=O) groups is 1. The van der Waals surface area contributed by atoms with Crippen LogP contribution in [0.15, 0.2) is 24.3 Å². The minimum absolute atomic E-state index is 0.00731. The maximum Gasteiger partial charge on any atom is 0.231 e. The molecule has 1 aliphatic heterocycles. The molecule has 1 aliphatic rings. The van der Waals surface area contributed by atoms with Crippen LogP contribution in [-0.4, -0.2) is 44.0 Å². The quantitative estimate of drug-likeness (QED) is 0.711. The molecule has 0 radical (unpaired) electrons. The van der Waals surface area contributed by atoms with Crippen molar-refractivity contribution in [2.45, 2.75) is 12.3 Å². The van der Waals surface area contributed by atoms with Gasteiger partial charge in [0.05, 0.1) is 13.2 Å². The van der Waals surface area contributed by atoms with Gasteiger partial charge in [-0.3, -0.25) is 4.79 Å². The lowest BCUT2D eigenvalue weighted by Crippen LogP contribution is -2.31. The van der Waals surface area contributed by atoms with Crippen molar-refractivity contribution in [2.24, 2.45) is 0 Å². The minimum atomic E-state index is -0.213. The number of hydrogen-bond donors (Lipinski definition) is 2. The van der Waals surface area contributed by atoms with Gasteiger partial charge in [-0.15, -0.1) is 0 Å². The highest BCUT2D eigenvalue weighted by molar-refractivity contribution is 5.85. The van der Waals surface area contributed by atoms with Crippen LogP contribution >= 0.6 is 0 Å². The molecule has 1 heterocycles. The van der Waals surface area contributed by atoms with E-state index in [0.29, 0.717) is 26.4 Å². The molecule has 1 atom stereocenters. The van der Waals surface area contributed by atoms with Crippen molar-refractivity contribution < 1.29 is 19.4 Å². The zero-order chi connectivity index (χ0) is 13.5. The molecule has 5 heteroatoms. The lowest BCUT2D eigenvalue weighted by atomic mass is 10.0. The zero-order valence-corrected chi connectivity index (χ0v) is 10.8. The lowest BCUT2D eigenvalue weighted by molar-refractivity contribution is -0.122. The van der Waals surface area contributed by atoms with Crippen LogP contribution in [0.2, 0.25) is 0 Å². The number of amides is 1. The first-order chi connectivity index (χ1) is 9.33. The second-order valence-electron chi connectivity index (χ2n) is 4.38. The summed E-state index contributed by atoms with van der Waals surface area (Å²) in [6.45, 7) is 1.90. The van der Waals surface area contributed by atoms with E-state index >= 15 is 0 Å².